The molecular weight excluding hydrogens is 457 g/mol. The summed E-state index contributed by atoms with van der Waals surface area (Å²) < 4.78 is 22.1. The van der Waals surface area contributed by atoms with E-state index in [9.17, 15) is 9.18 Å². The normalized spacial score (nSPS) is 11.5. The molecule has 0 fully saturated rings. The number of hydrogen-bond acceptors (Lipinski definition) is 5. The molecular formula is C25H15ClFN5O2. The summed E-state index contributed by atoms with van der Waals surface area (Å²) in [5.41, 5.74) is 2.25. The molecule has 0 aliphatic rings. The fourth-order valence-corrected chi connectivity index (χ4v) is 4.07. The van der Waals surface area contributed by atoms with Crippen molar-refractivity contribution >= 4 is 27.9 Å². The summed E-state index contributed by atoms with van der Waals surface area (Å²) in [4.78, 5) is 17.4. The first-order valence-corrected chi connectivity index (χ1v) is 10.8. The minimum atomic E-state index is -0.574. The summed E-state index contributed by atoms with van der Waals surface area (Å²) in [6, 6.07) is 20.1. The van der Waals surface area contributed by atoms with Crippen LogP contribution in [0, 0.1) is 5.82 Å². The Balaban J connectivity index is 1.35. The van der Waals surface area contributed by atoms with Gasteiger partial charge in [0.15, 0.2) is 0 Å². The van der Waals surface area contributed by atoms with Crippen LogP contribution in [0.5, 0.6) is 0 Å². The van der Waals surface area contributed by atoms with Gasteiger partial charge in [-0.05, 0) is 35.0 Å². The number of fused-ring (bicyclic) bond motifs is 2. The van der Waals surface area contributed by atoms with Gasteiger partial charge in [0.05, 0.1) is 10.7 Å². The van der Waals surface area contributed by atoms with E-state index in [4.69, 9.17) is 16.1 Å². The highest BCUT2D eigenvalue weighted by atomic mass is 35.5. The van der Waals surface area contributed by atoms with Gasteiger partial charge in [-0.3, -0.25) is 4.79 Å². The molecule has 6 rings (SSSR count). The molecule has 0 saturated heterocycles. The van der Waals surface area contributed by atoms with Crippen LogP contribution in [-0.4, -0.2) is 24.3 Å². The minimum absolute atomic E-state index is 0.0102. The molecule has 6 aromatic rings. The van der Waals surface area contributed by atoms with Crippen molar-refractivity contribution in [2.75, 3.05) is 0 Å². The van der Waals surface area contributed by atoms with Crippen LogP contribution in [0.3, 0.4) is 0 Å². The van der Waals surface area contributed by atoms with Gasteiger partial charge >= 0.3 is 0 Å². The molecule has 34 heavy (non-hydrogen) atoms. The summed E-state index contributed by atoms with van der Waals surface area (Å²) in [5, 5.41) is 10.7. The maximum atomic E-state index is 13.8. The van der Waals surface area contributed by atoms with Crippen molar-refractivity contribution in [1.82, 2.24) is 24.3 Å². The van der Waals surface area contributed by atoms with Gasteiger partial charge in [0.2, 0.25) is 11.7 Å². The molecule has 0 saturated carbocycles. The highest BCUT2D eigenvalue weighted by Crippen LogP contribution is 2.28. The van der Waals surface area contributed by atoms with E-state index < -0.39 is 5.82 Å². The first kappa shape index (κ1) is 20.3. The summed E-state index contributed by atoms with van der Waals surface area (Å²) in [6.45, 7) is 0.0627. The zero-order chi connectivity index (χ0) is 23.2. The van der Waals surface area contributed by atoms with Crippen LogP contribution in [0.4, 0.5) is 4.39 Å². The molecule has 0 N–H and O–H groups in total. The Morgan fingerprint density at radius 1 is 1.00 bits per heavy atom. The Kier molecular flexibility index (Phi) is 4.74. The van der Waals surface area contributed by atoms with E-state index in [1.165, 1.54) is 16.7 Å². The Labute approximate surface area is 196 Å². The van der Waals surface area contributed by atoms with Crippen molar-refractivity contribution in [3.8, 4) is 22.6 Å². The van der Waals surface area contributed by atoms with E-state index in [0.717, 1.165) is 16.3 Å². The molecule has 0 aliphatic carbocycles. The lowest BCUT2D eigenvalue weighted by Gasteiger charge is -2.03. The van der Waals surface area contributed by atoms with Crippen LogP contribution in [0.25, 0.3) is 38.9 Å². The quantitative estimate of drug-likeness (QED) is 0.353. The average Bonchev–Trinajstić information content (AvgIpc) is 3.50. The van der Waals surface area contributed by atoms with Gasteiger partial charge in [-0.1, -0.05) is 59.2 Å². The maximum absolute atomic E-state index is 13.8. The molecule has 0 unspecified atom stereocenters. The lowest BCUT2D eigenvalue weighted by molar-refractivity contribution is 0.370. The van der Waals surface area contributed by atoms with Crippen LogP contribution in [-0.2, 0) is 6.54 Å². The highest BCUT2D eigenvalue weighted by molar-refractivity contribution is 6.30. The molecule has 0 radical (unpaired) electrons. The first-order valence-electron chi connectivity index (χ1n) is 10.4. The van der Waals surface area contributed by atoms with Gasteiger partial charge in [0.25, 0.3) is 5.56 Å². The first-order chi connectivity index (χ1) is 16.6. The van der Waals surface area contributed by atoms with Gasteiger partial charge in [0.1, 0.15) is 17.9 Å². The van der Waals surface area contributed by atoms with Crippen LogP contribution < -0.4 is 5.56 Å². The fourth-order valence-electron chi connectivity index (χ4n) is 3.95. The van der Waals surface area contributed by atoms with Crippen LogP contribution in [0.1, 0.15) is 5.89 Å². The minimum Gasteiger partial charge on any atom is -0.337 e. The third kappa shape index (κ3) is 3.45. The third-order valence-electron chi connectivity index (χ3n) is 5.62. The van der Waals surface area contributed by atoms with E-state index in [-0.39, 0.29) is 28.8 Å². The van der Waals surface area contributed by atoms with Gasteiger partial charge in [0, 0.05) is 23.5 Å². The SMILES string of the molecule is O=c1c2cc(-c3cccc4ccccc34)nn2ccn1Cc1nc(-c2ccc(Cl)c(F)c2)no1. The molecule has 3 aromatic carbocycles. The van der Waals surface area contributed by atoms with Gasteiger partial charge < -0.3 is 9.09 Å². The number of rotatable bonds is 4. The standard InChI is InChI=1S/C25H15ClFN5O2/c26-19-9-8-16(12-20(19)27)24-28-23(34-30-24)14-31-10-11-32-22(25(31)33)13-21(29-32)18-7-3-5-15-4-1-2-6-17(15)18/h1-13H,14H2. The van der Waals surface area contributed by atoms with Gasteiger partial charge in [-0.25, -0.2) is 8.91 Å². The largest absolute Gasteiger partial charge is 0.337 e. The molecule has 3 aromatic heterocycles. The van der Waals surface area contributed by atoms with Gasteiger partial charge in [-0.15, -0.1) is 0 Å². The molecule has 0 aliphatic heterocycles. The molecule has 0 bridgehead atoms. The average molecular weight is 472 g/mol. The van der Waals surface area contributed by atoms with E-state index in [0.29, 0.717) is 16.8 Å². The Bertz CT molecular complexity index is 1750. The van der Waals surface area contributed by atoms with E-state index in [1.807, 2.05) is 42.5 Å². The maximum Gasteiger partial charge on any atom is 0.277 e. The summed E-state index contributed by atoms with van der Waals surface area (Å²) >= 11 is 5.73. The predicted molar refractivity (Wildman–Crippen MR) is 126 cm³/mol. The Hall–Kier alpha value is -4.30. The van der Waals surface area contributed by atoms with E-state index >= 15 is 0 Å². The smallest absolute Gasteiger partial charge is 0.277 e. The van der Waals surface area contributed by atoms with Crippen molar-refractivity contribution in [1.29, 1.82) is 0 Å². The zero-order valence-electron chi connectivity index (χ0n) is 17.5. The van der Waals surface area contributed by atoms with Gasteiger partial charge in [-0.2, -0.15) is 10.1 Å². The lowest BCUT2D eigenvalue weighted by atomic mass is 10.0. The summed E-state index contributed by atoms with van der Waals surface area (Å²) in [6.07, 6.45) is 3.32. The summed E-state index contributed by atoms with van der Waals surface area (Å²) in [7, 11) is 0. The summed E-state index contributed by atoms with van der Waals surface area (Å²) in [5.74, 6) is -0.150. The molecule has 0 spiro atoms. The molecule has 166 valence electrons. The molecule has 3 heterocycles. The van der Waals surface area contributed by atoms with Crippen molar-refractivity contribution in [2.24, 2.45) is 0 Å². The second-order valence-corrected chi connectivity index (χ2v) is 8.17. The lowest BCUT2D eigenvalue weighted by Crippen LogP contribution is -2.21. The Morgan fingerprint density at radius 2 is 1.85 bits per heavy atom. The molecule has 0 amide bonds. The molecule has 9 heteroatoms. The highest BCUT2D eigenvalue weighted by Gasteiger charge is 2.15. The Morgan fingerprint density at radius 3 is 2.74 bits per heavy atom. The number of halogens is 2. The zero-order valence-corrected chi connectivity index (χ0v) is 18.3. The van der Waals surface area contributed by atoms with Crippen molar-refractivity contribution < 1.29 is 8.91 Å². The van der Waals surface area contributed by atoms with E-state index in [2.05, 4.69) is 15.2 Å². The second-order valence-electron chi connectivity index (χ2n) is 7.76. The number of hydrogen-bond donors (Lipinski definition) is 0. The van der Waals surface area contributed by atoms with E-state index in [1.54, 1.807) is 29.0 Å². The van der Waals surface area contributed by atoms with Crippen molar-refractivity contribution in [3.63, 3.8) is 0 Å². The second kappa shape index (κ2) is 7.93. The molecule has 0 atom stereocenters. The number of benzene rings is 3. The third-order valence-corrected chi connectivity index (χ3v) is 5.93. The monoisotopic (exact) mass is 471 g/mol. The van der Waals surface area contributed by atoms with Crippen LogP contribution in [0.15, 0.2) is 88.4 Å². The molecule has 7 nitrogen and oxygen atoms in total. The topological polar surface area (TPSA) is 78.2 Å². The number of aromatic nitrogens is 5. The predicted octanol–water partition coefficient (Wildman–Crippen LogP) is 5.21. The van der Waals surface area contributed by atoms with Crippen LogP contribution >= 0.6 is 11.6 Å². The van der Waals surface area contributed by atoms with Crippen molar-refractivity contribution in [2.45, 2.75) is 6.54 Å². The van der Waals surface area contributed by atoms with Crippen molar-refractivity contribution in [3.05, 3.63) is 106 Å². The number of nitrogens with zero attached hydrogens (tertiary/aromatic N) is 5. The fraction of sp³-hybridized carbons (Fsp3) is 0.0400. The van der Waals surface area contributed by atoms with Crippen LogP contribution in [0.2, 0.25) is 5.02 Å².